The van der Waals surface area contributed by atoms with Crippen molar-refractivity contribution in [3.05, 3.63) is 291 Å². The molecule has 3 nitrogen and oxygen atoms in total. The normalized spacial score (nSPS) is 11.6. The Morgan fingerprint density at radius 2 is 0.776 bits per heavy atom. The molecule has 76 heavy (non-hydrogen) atoms. The maximum absolute atomic E-state index is 17.4. The van der Waals surface area contributed by atoms with Gasteiger partial charge in [0.1, 0.15) is 17.3 Å². The van der Waals surface area contributed by atoms with Crippen molar-refractivity contribution < 1.29 is 9.13 Å². The van der Waals surface area contributed by atoms with Crippen LogP contribution >= 0.6 is 0 Å². The largest absolute Gasteiger partial charge is 0.456 e. The summed E-state index contributed by atoms with van der Waals surface area (Å²) in [5.41, 5.74) is 15.5. The summed E-state index contributed by atoms with van der Waals surface area (Å²) in [6, 6.07) is 98.9. The average Bonchev–Trinajstić information content (AvgIpc) is 3.62. The summed E-state index contributed by atoms with van der Waals surface area (Å²) < 4.78 is 24.4. The van der Waals surface area contributed by atoms with Gasteiger partial charge in [-0.25, -0.2) is 4.39 Å². The van der Waals surface area contributed by atoms with Gasteiger partial charge in [-0.15, -0.1) is 0 Å². The van der Waals surface area contributed by atoms with E-state index in [1.807, 2.05) is 95.9 Å². The van der Waals surface area contributed by atoms with E-state index in [0.717, 1.165) is 100 Å². The highest BCUT2D eigenvalue weighted by molar-refractivity contribution is 6.25. The summed E-state index contributed by atoms with van der Waals surface area (Å²) in [5, 5.41) is 6.86. The Morgan fingerprint density at radius 3 is 1.47 bits per heavy atom. The van der Waals surface area contributed by atoms with Gasteiger partial charge in [-0.1, -0.05) is 194 Å². The Kier molecular flexibility index (Phi) is 11.0. The van der Waals surface area contributed by atoms with Gasteiger partial charge in [-0.2, -0.15) is 0 Å². The molecule has 0 spiro atoms. The molecule has 1 aliphatic heterocycles. The number of halogens is 1. The van der Waals surface area contributed by atoms with Crippen LogP contribution in [-0.2, 0) is 0 Å². The number of rotatable bonds is 10. The zero-order valence-corrected chi connectivity index (χ0v) is 41.3. The van der Waals surface area contributed by atoms with Gasteiger partial charge in [0.25, 0.3) is 0 Å². The first kappa shape index (κ1) is 44.7. The number of anilines is 6. The minimum absolute atomic E-state index is 0.328. The van der Waals surface area contributed by atoms with Crippen LogP contribution in [0.2, 0.25) is 0 Å². The fraction of sp³-hybridized carbons (Fsp3) is 0. The van der Waals surface area contributed by atoms with E-state index in [-0.39, 0.29) is 5.82 Å². The minimum atomic E-state index is -0.328. The molecule has 0 saturated carbocycles. The molecular formula is C72H47FN2O. The molecule has 0 amide bonds. The highest BCUT2D eigenvalue weighted by Gasteiger charge is 2.28. The molecular weight excluding hydrogens is 928 g/mol. The summed E-state index contributed by atoms with van der Waals surface area (Å²) >= 11 is 0. The van der Waals surface area contributed by atoms with E-state index >= 15 is 4.39 Å². The van der Waals surface area contributed by atoms with Gasteiger partial charge in [0.15, 0.2) is 0 Å². The third-order valence-corrected chi connectivity index (χ3v) is 14.9. The van der Waals surface area contributed by atoms with Crippen LogP contribution in [0.5, 0.6) is 11.5 Å². The van der Waals surface area contributed by atoms with E-state index in [1.165, 1.54) is 21.7 Å². The van der Waals surface area contributed by atoms with E-state index in [1.54, 1.807) is 6.07 Å². The van der Waals surface area contributed by atoms with Gasteiger partial charge >= 0.3 is 0 Å². The number of benzene rings is 13. The number of hydrogen-bond acceptors (Lipinski definition) is 3. The predicted molar refractivity (Wildman–Crippen MR) is 316 cm³/mol. The lowest BCUT2D eigenvalue weighted by Gasteiger charge is -2.30. The monoisotopic (exact) mass is 974 g/mol. The van der Waals surface area contributed by atoms with E-state index in [9.17, 15) is 0 Å². The van der Waals surface area contributed by atoms with E-state index in [0.29, 0.717) is 11.4 Å². The number of fused-ring (bicyclic) bond motifs is 6. The van der Waals surface area contributed by atoms with Crippen molar-refractivity contribution in [1.82, 2.24) is 0 Å². The van der Waals surface area contributed by atoms with Crippen molar-refractivity contribution in [2.24, 2.45) is 0 Å². The van der Waals surface area contributed by atoms with Gasteiger partial charge in [0.2, 0.25) is 0 Å². The van der Waals surface area contributed by atoms with Gasteiger partial charge < -0.3 is 14.5 Å². The maximum atomic E-state index is 17.4. The third-order valence-electron chi connectivity index (χ3n) is 14.9. The smallest absolute Gasteiger partial charge is 0.148 e. The Labute approximate surface area is 441 Å². The SMILES string of the molecule is Fc1cc(-c2ccccc2)cc(-c2ccccc2)c1N(c1ccccc1)c1ccc2c(c1)Oc1cccc3c1c-2cc1c2ccccc2c(-c2ccc(N(c4ccccc4)c4ccccc4-c4ccccc4)cc2)cc31. The van der Waals surface area contributed by atoms with E-state index < -0.39 is 0 Å². The standard InChI is InChI=1S/C72H47FN2O/c73-67-44-52(48-21-6-1-7-22-48)43-63(50-25-10-3-11-26-50)72(67)75(54-29-14-5-15-30-54)56-41-42-60-66-47-64-59-33-17-16-32-58(59)62(46-65(64)61-34-20-36-69(71(61)66)76-70(60)45-56)51-37-39-55(40-38-51)74(53-27-12-4-13-28-53)68-35-19-18-31-57(68)49-23-8-2-9-24-49/h1-47H. The Hall–Kier alpha value is -10.0. The van der Waals surface area contributed by atoms with Crippen molar-refractivity contribution in [3.63, 3.8) is 0 Å². The molecule has 0 bridgehead atoms. The van der Waals surface area contributed by atoms with Crippen molar-refractivity contribution in [1.29, 1.82) is 0 Å². The molecule has 14 rings (SSSR count). The summed E-state index contributed by atoms with van der Waals surface area (Å²) in [5.74, 6) is 1.16. The van der Waals surface area contributed by atoms with Gasteiger partial charge in [0.05, 0.1) is 17.1 Å². The number of hydrogen-bond donors (Lipinski definition) is 0. The molecule has 0 unspecified atom stereocenters. The molecule has 4 heteroatoms. The number of para-hydroxylation sites is 3. The Balaban J connectivity index is 0.896. The summed E-state index contributed by atoms with van der Waals surface area (Å²) in [7, 11) is 0. The average molecular weight is 975 g/mol. The summed E-state index contributed by atoms with van der Waals surface area (Å²) in [4.78, 5) is 4.38. The highest BCUT2D eigenvalue weighted by atomic mass is 19.1. The van der Waals surface area contributed by atoms with Gasteiger partial charge in [0, 0.05) is 45.2 Å². The quantitative estimate of drug-likeness (QED) is 0.127. The lowest BCUT2D eigenvalue weighted by molar-refractivity contribution is 0.487. The summed E-state index contributed by atoms with van der Waals surface area (Å²) in [6.07, 6.45) is 0. The molecule has 0 atom stereocenters. The molecule has 0 aliphatic carbocycles. The van der Waals surface area contributed by atoms with Gasteiger partial charge in [-0.05, 0) is 151 Å². The Bertz CT molecular complexity index is 4300. The van der Waals surface area contributed by atoms with Crippen molar-refractivity contribution >= 4 is 66.4 Å². The Morgan fingerprint density at radius 1 is 0.263 bits per heavy atom. The molecule has 1 aliphatic rings. The van der Waals surface area contributed by atoms with E-state index in [2.05, 4.69) is 193 Å². The van der Waals surface area contributed by atoms with Crippen LogP contribution in [0.15, 0.2) is 285 Å². The third kappa shape index (κ3) is 7.75. The first-order valence-electron chi connectivity index (χ1n) is 25.8. The molecule has 0 radical (unpaired) electrons. The fourth-order valence-corrected chi connectivity index (χ4v) is 11.4. The molecule has 0 aromatic heterocycles. The van der Waals surface area contributed by atoms with Crippen molar-refractivity contribution in [2.75, 3.05) is 9.80 Å². The van der Waals surface area contributed by atoms with Crippen LogP contribution in [0.4, 0.5) is 38.5 Å². The first-order valence-corrected chi connectivity index (χ1v) is 25.8. The van der Waals surface area contributed by atoms with E-state index in [4.69, 9.17) is 4.74 Å². The second-order valence-corrected chi connectivity index (χ2v) is 19.3. The first-order chi connectivity index (χ1) is 37.6. The van der Waals surface area contributed by atoms with Crippen LogP contribution in [0.25, 0.3) is 88.0 Å². The topological polar surface area (TPSA) is 15.7 Å². The molecule has 13 aromatic rings. The molecule has 0 fully saturated rings. The fourth-order valence-electron chi connectivity index (χ4n) is 11.4. The molecule has 0 N–H and O–H groups in total. The minimum Gasteiger partial charge on any atom is -0.456 e. The molecule has 358 valence electrons. The zero-order valence-electron chi connectivity index (χ0n) is 41.3. The van der Waals surface area contributed by atoms with Crippen LogP contribution in [0.3, 0.4) is 0 Å². The van der Waals surface area contributed by atoms with Crippen LogP contribution < -0.4 is 14.5 Å². The van der Waals surface area contributed by atoms with Crippen LogP contribution in [0.1, 0.15) is 0 Å². The van der Waals surface area contributed by atoms with Crippen molar-refractivity contribution in [2.45, 2.75) is 0 Å². The van der Waals surface area contributed by atoms with Crippen molar-refractivity contribution in [3.8, 4) is 67.1 Å². The van der Waals surface area contributed by atoms with Crippen LogP contribution in [0, 0.1) is 5.82 Å². The lowest BCUT2D eigenvalue weighted by atomic mass is 9.86. The summed E-state index contributed by atoms with van der Waals surface area (Å²) in [6.45, 7) is 0. The highest BCUT2D eigenvalue weighted by Crippen LogP contribution is 2.53. The lowest BCUT2D eigenvalue weighted by Crippen LogP contribution is -2.14. The molecule has 0 saturated heterocycles. The molecule has 1 heterocycles. The van der Waals surface area contributed by atoms with Gasteiger partial charge in [-0.3, -0.25) is 0 Å². The molecule has 13 aromatic carbocycles. The second kappa shape index (κ2) is 18.8. The van der Waals surface area contributed by atoms with Crippen LogP contribution in [-0.4, -0.2) is 0 Å². The number of nitrogens with zero attached hydrogens (tertiary/aromatic N) is 2. The maximum Gasteiger partial charge on any atom is 0.148 e. The second-order valence-electron chi connectivity index (χ2n) is 19.3. The number of ether oxygens (including phenoxy) is 1. The predicted octanol–water partition coefficient (Wildman–Crippen LogP) is 20.7. The zero-order chi connectivity index (χ0) is 50.5.